The van der Waals surface area contributed by atoms with Crippen LogP contribution in [0.5, 0.6) is 0 Å². The standard InChI is InChI=1S/C18H20F3N3O2/c1-11(2)24(16(25)14-7-8-14)10-9-12-3-5-13(6-4-12)15-22-17(26-23-15)18(19,20)21/h3-6,11,14H,7-10H2,1-2H3. The molecule has 1 aliphatic carbocycles. The third-order valence-corrected chi connectivity index (χ3v) is 4.36. The molecule has 8 heteroatoms. The number of amides is 1. The van der Waals surface area contributed by atoms with Crippen molar-refractivity contribution in [3.05, 3.63) is 35.7 Å². The first-order chi connectivity index (χ1) is 12.3. The maximum atomic E-state index is 12.5. The number of nitrogens with zero attached hydrogens (tertiary/aromatic N) is 3. The summed E-state index contributed by atoms with van der Waals surface area (Å²) in [6.45, 7) is 4.61. The van der Waals surface area contributed by atoms with Gasteiger partial charge in [-0.05, 0) is 38.7 Å². The van der Waals surface area contributed by atoms with E-state index in [1.807, 2.05) is 18.7 Å². The lowest BCUT2D eigenvalue weighted by molar-refractivity contribution is -0.159. The van der Waals surface area contributed by atoms with Crippen LogP contribution in [0.1, 0.15) is 38.1 Å². The van der Waals surface area contributed by atoms with Crippen molar-refractivity contribution in [3.8, 4) is 11.4 Å². The minimum absolute atomic E-state index is 0.100. The van der Waals surface area contributed by atoms with Gasteiger partial charge in [0.05, 0.1) is 0 Å². The van der Waals surface area contributed by atoms with Crippen LogP contribution in [0, 0.1) is 5.92 Å². The summed E-state index contributed by atoms with van der Waals surface area (Å²) in [6, 6.07) is 7.06. The van der Waals surface area contributed by atoms with Gasteiger partial charge in [0, 0.05) is 24.1 Å². The van der Waals surface area contributed by atoms with Crippen LogP contribution in [-0.2, 0) is 17.4 Å². The molecule has 1 aromatic heterocycles. The van der Waals surface area contributed by atoms with Gasteiger partial charge in [0.1, 0.15) is 0 Å². The average molecular weight is 367 g/mol. The second-order valence-corrected chi connectivity index (χ2v) is 6.77. The smallest absolute Gasteiger partial charge is 0.340 e. The number of rotatable bonds is 6. The Labute approximate surface area is 149 Å². The van der Waals surface area contributed by atoms with E-state index >= 15 is 0 Å². The molecule has 0 aliphatic heterocycles. The van der Waals surface area contributed by atoms with E-state index in [9.17, 15) is 18.0 Å². The maximum Gasteiger partial charge on any atom is 0.471 e. The Balaban J connectivity index is 1.64. The van der Waals surface area contributed by atoms with Crippen molar-refractivity contribution in [2.45, 2.75) is 45.3 Å². The van der Waals surface area contributed by atoms with E-state index in [4.69, 9.17) is 0 Å². The normalized spacial score (nSPS) is 14.7. The van der Waals surface area contributed by atoms with Gasteiger partial charge in [-0.1, -0.05) is 29.4 Å². The summed E-state index contributed by atoms with van der Waals surface area (Å²) in [5.74, 6) is -1.07. The van der Waals surface area contributed by atoms with E-state index in [1.54, 1.807) is 24.3 Å². The molecule has 1 fully saturated rings. The van der Waals surface area contributed by atoms with E-state index in [0.717, 1.165) is 18.4 Å². The number of carbonyl (C=O) groups excluding carboxylic acids is 1. The van der Waals surface area contributed by atoms with Crippen LogP contribution in [0.25, 0.3) is 11.4 Å². The minimum Gasteiger partial charge on any atom is -0.340 e. The fraction of sp³-hybridized carbons (Fsp3) is 0.500. The lowest BCUT2D eigenvalue weighted by Gasteiger charge is -2.27. The van der Waals surface area contributed by atoms with Crippen LogP contribution in [0.4, 0.5) is 13.2 Å². The highest BCUT2D eigenvalue weighted by atomic mass is 19.4. The highest BCUT2D eigenvalue weighted by Crippen LogP contribution is 2.32. The fourth-order valence-corrected chi connectivity index (χ4v) is 2.71. The molecular weight excluding hydrogens is 347 g/mol. The predicted octanol–water partition coefficient (Wildman–Crippen LogP) is 3.94. The number of hydrogen-bond acceptors (Lipinski definition) is 4. The lowest BCUT2D eigenvalue weighted by Crippen LogP contribution is -2.39. The Morgan fingerprint density at radius 2 is 1.92 bits per heavy atom. The zero-order valence-corrected chi connectivity index (χ0v) is 14.6. The Morgan fingerprint density at radius 3 is 2.42 bits per heavy atom. The van der Waals surface area contributed by atoms with Crippen LogP contribution >= 0.6 is 0 Å². The molecule has 26 heavy (non-hydrogen) atoms. The summed E-state index contributed by atoms with van der Waals surface area (Å²) >= 11 is 0. The van der Waals surface area contributed by atoms with Crippen molar-refractivity contribution in [1.29, 1.82) is 0 Å². The predicted molar refractivity (Wildman–Crippen MR) is 88.0 cm³/mol. The van der Waals surface area contributed by atoms with Gasteiger partial charge in [0.25, 0.3) is 0 Å². The molecule has 0 radical (unpaired) electrons. The molecule has 0 saturated heterocycles. The fourth-order valence-electron chi connectivity index (χ4n) is 2.71. The SMILES string of the molecule is CC(C)N(CCc1ccc(-c2noc(C(F)(F)F)n2)cc1)C(=O)C1CC1. The van der Waals surface area contributed by atoms with E-state index in [0.29, 0.717) is 18.5 Å². The number of hydrogen-bond donors (Lipinski definition) is 0. The lowest BCUT2D eigenvalue weighted by atomic mass is 10.1. The molecule has 1 heterocycles. The highest BCUT2D eigenvalue weighted by molar-refractivity contribution is 5.81. The molecule has 1 amide bonds. The molecular formula is C18H20F3N3O2. The van der Waals surface area contributed by atoms with Crippen LogP contribution < -0.4 is 0 Å². The number of halogens is 3. The summed E-state index contributed by atoms with van der Waals surface area (Å²) in [5, 5.41) is 3.37. The largest absolute Gasteiger partial charge is 0.471 e. The molecule has 1 saturated carbocycles. The summed E-state index contributed by atoms with van der Waals surface area (Å²) < 4.78 is 41.8. The summed E-state index contributed by atoms with van der Waals surface area (Å²) in [6.07, 6.45) is -2.03. The average Bonchev–Trinajstić information content (AvgIpc) is 3.30. The molecule has 3 rings (SSSR count). The summed E-state index contributed by atoms with van der Waals surface area (Å²) in [4.78, 5) is 17.6. The molecule has 1 aliphatic rings. The number of carbonyl (C=O) groups is 1. The van der Waals surface area contributed by atoms with Crippen molar-refractivity contribution in [2.75, 3.05) is 6.54 Å². The summed E-state index contributed by atoms with van der Waals surface area (Å²) in [5.41, 5.74) is 1.44. The van der Waals surface area contributed by atoms with Crippen molar-refractivity contribution >= 4 is 5.91 Å². The summed E-state index contributed by atoms with van der Waals surface area (Å²) in [7, 11) is 0. The molecule has 140 valence electrons. The molecule has 0 atom stereocenters. The Kier molecular flexibility index (Phi) is 5.02. The van der Waals surface area contributed by atoms with Crippen LogP contribution in [0.3, 0.4) is 0 Å². The molecule has 0 spiro atoms. The monoisotopic (exact) mass is 367 g/mol. The van der Waals surface area contributed by atoms with Gasteiger partial charge in [-0.2, -0.15) is 18.2 Å². The molecule has 2 aromatic rings. The van der Waals surface area contributed by atoms with E-state index in [2.05, 4.69) is 14.7 Å². The third-order valence-electron chi connectivity index (χ3n) is 4.36. The zero-order valence-electron chi connectivity index (χ0n) is 14.6. The topological polar surface area (TPSA) is 59.2 Å². The van der Waals surface area contributed by atoms with Gasteiger partial charge in [-0.3, -0.25) is 4.79 Å². The Bertz CT molecular complexity index is 765. The zero-order chi connectivity index (χ0) is 18.9. The molecule has 0 unspecified atom stereocenters. The molecule has 0 bridgehead atoms. The van der Waals surface area contributed by atoms with E-state index in [-0.39, 0.29) is 23.7 Å². The van der Waals surface area contributed by atoms with Crippen molar-refractivity contribution in [3.63, 3.8) is 0 Å². The quantitative estimate of drug-likeness (QED) is 0.776. The highest BCUT2D eigenvalue weighted by Gasteiger charge is 2.38. The van der Waals surface area contributed by atoms with Gasteiger partial charge in [-0.25, -0.2) is 0 Å². The van der Waals surface area contributed by atoms with Crippen molar-refractivity contribution in [2.24, 2.45) is 5.92 Å². The minimum atomic E-state index is -4.65. The van der Waals surface area contributed by atoms with E-state index in [1.165, 1.54) is 0 Å². The molecule has 0 N–H and O–H groups in total. The van der Waals surface area contributed by atoms with Crippen molar-refractivity contribution < 1.29 is 22.5 Å². The first-order valence-electron chi connectivity index (χ1n) is 8.56. The number of aromatic nitrogens is 2. The number of benzene rings is 1. The van der Waals surface area contributed by atoms with Gasteiger partial charge in [-0.15, -0.1) is 0 Å². The van der Waals surface area contributed by atoms with Gasteiger partial charge < -0.3 is 9.42 Å². The van der Waals surface area contributed by atoms with Crippen LogP contribution in [-0.4, -0.2) is 33.5 Å². The second-order valence-electron chi connectivity index (χ2n) is 6.77. The van der Waals surface area contributed by atoms with Gasteiger partial charge >= 0.3 is 12.1 Å². The Morgan fingerprint density at radius 1 is 1.27 bits per heavy atom. The molecule has 5 nitrogen and oxygen atoms in total. The second kappa shape index (κ2) is 7.09. The third kappa shape index (κ3) is 4.23. The Hall–Kier alpha value is -2.38. The van der Waals surface area contributed by atoms with Crippen LogP contribution in [0.2, 0.25) is 0 Å². The van der Waals surface area contributed by atoms with Crippen molar-refractivity contribution in [1.82, 2.24) is 15.0 Å². The molecule has 1 aromatic carbocycles. The van der Waals surface area contributed by atoms with Gasteiger partial charge in [0.15, 0.2) is 0 Å². The van der Waals surface area contributed by atoms with Crippen LogP contribution in [0.15, 0.2) is 28.8 Å². The maximum absolute atomic E-state index is 12.5. The van der Waals surface area contributed by atoms with E-state index < -0.39 is 12.1 Å². The first kappa shape index (κ1) is 18.4. The number of alkyl halides is 3. The van der Waals surface area contributed by atoms with Gasteiger partial charge in [0.2, 0.25) is 11.7 Å². The first-order valence-corrected chi connectivity index (χ1v) is 8.56.